The van der Waals surface area contributed by atoms with Gasteiger partial charge in [-0.3, -0.25) is 19.2 Å². The number of benzene rings is 2. The lowest BCUT2D eigenvalue weighted by Gasteiger charge is -2.44. The Hall–Kier alpha value is -2.95. The molecule has 3 heterocycles. The molecular weight excluding hydrogens is 567 g/mol. The number of hydrogen-bond donors (Lipinski definition) is 1. The van der Waals surface area contributed by atoms with E-state index in [9.17, 15) is 27.6 Å². The van der Waals surface area contributed by atoms with E-state index in [0.29, 0.717) is 47.2 Å². The van der Waals surface area contributed by atoms with Crippen molar-refractivity contribution < 1.29 is 32.3 Å². The third-order valence-electron chi connectivity index (χ3n) is 7.29. The van der Waals surface area contributed by atoms with Crippen molar-refractivity contribution in [3.8, 4) is 5.75 Å². The number of hydrogen-bond acceptors (Lipinski definition) is 7. The van der Waals surface area contributed by atoms with Crippen molar-refractivity contribution in [2.75, 3.05) is 20.2 Å². The van der Waals surface area contributed by atoms with Gasteiger partial charge in [0.05, 0.1) is 23.8 Å². The largest absolute Gasteiger partial charge is 0.496 e. The first-order chi connectivity index (χ1) is 18.3. The van der Waals surface area contributed by atoms with E-state index >= 15 is 0 Å². The number of ether oxygens (including phenoxy) is 1. The summed E-state index contributed by atoms with van der Waals surface area (Å²) >= 11 is 12.0. The Morgan fingerprint density at radius 1 is 0.974 bits per heavy atom. The minimum Gasteiger partial charge on any atom is -0.496 e. The smallest absolute Gasteiger partial charge is 0.228 e. The zero-order valence-corrected chi connectivity index (χ0v) is 23.8. The Bertz CT molecular complexity index is 1430. The average molecular weight is 596 g/mol. The fourth-order valence-corrected chi connectivity index (χ4v) is 7.70. The van der Waals surface area contributed by atoms with Crippen LogP contribution >= 0.6 is 23.2 Å². The molecule has 2 unspecified atom stereocenters. The Labute approximate surface area is 236 Å². The summed E-state index contributed by atoms with van der Waals surface area (Å²) in [6.45, 7) is 2.21. The third kappa shape index (κ3) is 5.29. The summed E-state index contributed by atoms with van der Waals surface area (Å²) in [5, 5.41) is 3.47. The number of Topliss-reactive ketones (excluding diaryl/α,β-unsaturated/α-hetero) is 2. The van der Waals surface area contributed by atoms with Crippen LogP contribution in [0.3, 0.4) is 0 Å². The minimum absolute atomic E-state index is 0.000787. The summed E-state index contributed by atoms with van der Waals surface area (Å²) in [6.07, 6.45) is 1.13. The van der Waals surface area contributed by atoms with Gasteiger partial charge in [-0.1, -0.05) is 30.1 Å². The van der Waals surface area contributed by atoms with Gasteiger partial charge in [0.25, 0.3) is 0 Å². The first kappa shape index (κ1) is 29.0. The molecule has 0 spiro atoms. The van der Waals surface area contributed by atoms with E-state index in [2.05, 4.69) is 5.32 Å². The van der Waals surface area contributed by atoms with Gasteiger partial charge in [0.15, 0.2) is 5.78 Å². The number of sulfone groups is 1. The quantitative estimate of drug-likeness (QED) is 0.525. The van der Waals surface area contributed by atoms with Crippen molar-refractivity contribution in [1.29, 1.82) is 0 Å². The van der Waals surface area contributed by atoms with E-state index in [-0.39, 0.29) is 41.9 Å². The van der Waals surface area contributed by atoms with Crippen LogP contribution in [0.4, 0.5) is 0 Å². The number of halogens is 2. The predicted molar refractivity (Wildman–Crippen MR) is 144 cm³/mol. The van der Waals surface area contributed by atoms with Crippen LogP contribution in [0.1, 0.15) is 38.2 Å². The Kier molecular flexibility index (Phi) is 8.12. The van der Waals surface area contributed by atoms with Crippen LogP contribution in [0.5, 0.6) is 5.75 Å². The lowest BCUT2D eigenvalue weighted by atomic mass is 9.79. The number of β-lactam (4-membered cyclic amide) rings is 1. The van der Waals surface area contributed by atoms with Crippen molar-refractivity contribution in [1.82, 2.24) is 10.2 Å². The van der Waals surface area contributed by atoms with E-state index in [1.165, 1.54) is 36.3 Å². The molecule has 2 aromatic rings. The van der Waals surface area contributed by atoms with Crippen molar-refractivity contribution >= 4 is 56.4 Å². The standard InChI is InChI=1S/C21H19Cl2NO5S.C6H9NO2/c1-20(10-13-9-15(23)5-8-17(13)29-2)12-24-18(25)11-21(24,19(20)26)30(27,28)16-6-3-14(22)4-7-16;8-5-1-2-6(9)7-4-3-5/h3-9H,10-12H2,1-2H3;1-4H2,(H,7,9). The van der Waals surface area contributed by atoms with Gasteiger partial charge >= 0.3 is 0 Å². The molecule has 5 rings (SSSR count). The molecule has 208 valence electrons. The molecule has 0 saturated carbocycles. The molecule has 3 fully saturated rings. The van der Waals surface area contributed by atoms with Crippen molar-refractivity contribution in [2.45, 2.75) is 48.8 Å². The molecule has 9 nitrogen and oxygen atoms in total. The van der Waals surface area contributed by atoms with E-state index in [0.717, 1.165) is 0 Å². The van der Waals surface area contributed by atoms with Crippen molar-refractivity contribution in [3.63, 3.8) is 0 Å². The molecule has 0 aliphatic carbocycles. The zero-order valence-electron chi connectivity index (χ0n) is 21.5. The number of rotatable bonds is 5. The number of amides is 2. The second-order valence-corrected chi connectivity index (χ2v) is 13.1. The van der Waals surface area contributed by atoms with Crippen LogP contribution < -0.4 is 10.1 Å². The van der Waals surface area contributed by atoms with E-state index in [1.807, 2.05) is 0 Å². The summed E-state index contributed by atoms with van der Waals surface area (Å²) in [5.41, 5.74) is -0.432. The molecule has 3 saturated heterocycles. The Morgan fingerprint density at radius 2 is 1.64 bits per heavy atom. The number of carbonyl (C=O) groups is 4. The topological polar surface area (TPSA) is 127 Å². The van der Waals surface area contributed by atoms with Crippen LogP contribution in [0.2, 0.25) is 10.0 Å². The third-order valence-corrected chi connectivity index (χ3v) is 10.1. The van der Waals surface area contributed by atoms with Gasteiger partial charge in [-0.05, 0) is 54.4 Å². The Balaban J connectivity index is 0.000000333. The maximum Gasteiger partial charge on any atom is 0.228 e. The summed E-state index contributed by atoms with van der Waals surface area (Å²) in [6, 6.07) is 10.7. The fourth-order valence-electron chi connectivity index (χ4n) is 5.24. The first-order valence-electron chi connectivity index (χ1n) is 12.3. The van der Waals surface area contributed by atoms with Crippen LogP contribution in [0, 0.1) is 5.41 Å². The molecule has 12 heteroatoms. The summed E-state index contributed by atoms with van der Waals surface area (Å²) < 4.78 is 32.4. The van der Waals surface area contributed by atoms with Gasteiger partial charge in [-0.15, -0.1) is 0 Å². The molecule has 1 N–H and O–H groups in total. The van der Waals surface area contributed by atoms with Crippen molar-refractivity contribution in [2.24, 2.45) is 5.41 Å². The predicted octanol–water partition coefficient (Wildman–Crippen LogP) is 3.39. The van der Waals surface area contributed by atoms with E-state index < -0.39 is 25.9 Å². The van der Waals surface area contributed by atoms with Gasteiger partial charge < -0.3 is 15.0 Å². The number of ketones is 2. The number of fused-ring (bicyclic) bond motifs is 1. The number of carbonyl (C=O) groups excluding carboxylic acids is 4. The van der Waals surface area contributed by atoms with Crippen LogP contribution in [0.25, 0.3) is 0 Å². The zero-order chi connectivity index (χ0) is 28.6. The summed E-state index contributed by atoms with van der Waals surface area (Å²) in [7, 11) is -2.64. The van der Waals surface area contributed by atoms with Gasteiger partial charge in [0.2, 0.25) is 26.5 Å². The maximum absolute atomic E-state index is 13.7. The number of nitrogens with zero attached hydrogens (tertiary/aromatic N) is 1. The molecule has 3 aliphatic heterocycles. The molecule has 0 aromatic heterocycles. The maximum atomic E-state index is 13.7. The average Bonchev–Trinajstić information content (AvgIpc) is 2.98. The highest BCUT2D eigenvalue weighted by Crippen LogP contribution is 2.53. The fraction of sp³-hybridized carbons (Fsp3) is 0.407. The molecule has 2 atom stereocenters. The highest BCUT2D eigenvalue weighted by molar-refractivity contribution is 7.93. The van der Waals surface area contributed by atoms with Crippen LogP contribution in [-0.4, -0.2) is 61.8 Å². The highest BCUT2D eigenvalue weighted by Gasteiger charge is 2.73. The molecule has 39 heavy (non-hydrogen) atoms. The monoisotopic (exact) mass is 594 g/mol. The SMILES string of the molecule is COc1ccc(Cl)cc1CC1(C)CN2C(=O)CC2(S(=O)(=O)c2ccc(Cl)cc2)C1=O.O=C1CCNC(=O)CC1. The Morgan fingerprint density at radius 3 is 2.28 bits per heavy atom. The summed E-state index contributed by atoms with van der Waals surface area (Å²) in [4.78, 5) is 46.5. The molecule has 3 aliphatic rings. The van der Waals surface area contributed by atoms with Gasteiger partial charge in [0, 0.05) is 42.4 Å². The minimum atomic E-state index is -4.15. The van der Waals surface area contributed by atoms with Gasteiger partial charge in [0.1, 0.15) is 11.5 Å². The number of nitrogens with one attached hydrogen (secondary N) is 1. The normalized spacial score (nSPS) is 24.7. The molecular formula is C27H28Cl2N2O7S. The number of methoxy groups -OCH3 is 1. The lowest BCUT2D eigenvalue weighted by Crippen LogP contribution is -2.67. The van der Waals surface area contributed by atoms with Gasteiger partial charge in [-0.25, -0.2) is 8.42 Å². The van der Waals surface area contributed by atoms with Gasteiger partial charge in [-0.2, -0.15) is 0 Å². The highest BCUT2D eigenvalue weighted by atomic mass is 35.5. The molecule has 2 amide bonds. The van der Waals surface area contributed by atoms with E-state index in [4.69, 9.17) is 27.9 Å². The van der Waals surface area contributed by atoms with Crippen LogP contribution in [0.15, 0.2) is 47.4 Å². The molecule has 0 bridgehead atoms. The second kappa shape index (κ2) is 10.9. The lowest BCUT2D eigenvalue weighted by molar-refractivity contribution is -0.150. The first-order valence-corrected chi connectivity index (χ1v) is 14.5. The molecule has 0 radical (unpaired) electrons. The molecule has 2 aromatic carbocycles. The van der Waals surface area contributed by atoms with E-state index in [1.54, 1.807) is 25.1 Å². The summed E-state index contributed by atoms with van der Waals surface area (Å²) in [5.74, 6) is -0.118. The second-order valence-electron chi connectivity index (χ2n) is 10.1. The van der Waals surface area contributed by atoms with Crippen LogP contribution in [-0.2, 0) is 35.4 Å². The van der Waals surface area contributed by atoms with Crippen molar-refractivity contribution in [3.05, 3.63) is 58.1 Å².